The minimum atomic E-state index is 0.980. The first-order valence-electron chi connectivity index (χ1n) is 6.08. The van der Waals surface area contributed by atoms with Crippen molar-refractivity contribution in [1.82, 2.24) is 4.98 Å². The van der Waals surface area contributed by atoms with Gasteiger partial charge in [0.15, 0.2) is 0 Å². The number of benzene rings is 1. The monoisotopic (exact) mass is 224 g/mol. The highest BCUT2D eigenvalue weighted by atomic mass is 15.2. The summed E-state index contributed by atoms with van der Waals surface area (Å²) in [6.45, 7) is 4.17. The molecule has 0 aliphatic carbocycles. The van der Waals surface area contributed by atoms with Gasteiger partial charge in [0, 0.05) is 19.3 Å². The molecule has 1 aliphatic heterocycles. The van der Waals surface area contributed by atoms with E-state index < -0.39 is 0 Å². The van der Waals surface area contributed by atoms with Crippen LogP contribution in [0.3, 0.4) is 0 Å². The lowest BCUT2D eigenvalue weighted by molar-refractivity contribution is 0.718. The average Bonchev–Trinajstić information content (AvgIpc) is 2.39. The maximum absolute atomic E-state index is 4.50. The minimum Gasteiger partial charge on any atom is -0.352 e. The van der Waals surface area contributed by atoms with E-state index in [2.05, 4.69) is 47.1 Å². The number of hydrogen-bond acceptors (Lipinski definition) is 2. The third kappa shape index (κ3) is 1.91. The first-order valence-corrected chi connectivity index (χ1v) is 6.08. The summed E-state index contributed by atoms with van der Waals surface area (Å²) in [7, 11) is 0. The number of anilines is 1. The molecule has 0 unspecified atom stereocenters. The molecule has 0 saturated heterocycles. The molecule has 0 N–H and O–H groups in total. The summed E-state index contributed by atoms with van der Waals surface area (Å²) in [5.74, 6) is 1.13. The number of aromatic nitrogens is 1. The second-order valence-electron chi connectivity index (χ2n) is 4.58. The third-order valence-corrected chi connectivity index (χ3v) is 3.41. The molecule has 0 fully saturated rings. The van der Waals surface area contributed by atoms with E-state index in [9.17, 15) is 0 Å². The second kappa shape index (κ2) is 4.21. The zero-order valence-electron chi connectivity index (χ0n) is 10.1. The number of fused-ring (bicyclic) bond motifs is 1. The number of aryl methyl sites for hydroxylation is 1. The summed E-state index contributed by atoms with van der Waals surface area (Å²) in [6, 6.07) is 12.8. The summed E-state index contributed by atoms with van der Waals surface area (Å²) in [6.07, 6.45) is 3.00. The van der Waals surface area contributed by atoms with Gasteiger partial charge in [-0.3, -0.25) is 0 Å². The Hall–Kier alpha value is -1.83. The van der Waals surface area contributed by atoms with E-state index in [4.69, 9.17) is 0 Å². The maximum Gasteiger partial charge on any atom is 0.131 e. The molecule has 2 aromatic rings. The van der Waals surface area contributed by atoms with Crippen LogP contribution in [0, 0.1) is 6.92 Å². The molecule has 2 heterocycles. The number of nitrogens with zero attached hydrogens (tertiary/aromatic N) is 2. The predicted octanol–water partition coefficient (Wildman–Crippen LogP) is 2.95. The summed E-state index contributed by atoms with van der Waals surface area (Å²) in [4.78, 5) is 6.87. The quantitative estimate of drug-likeness (QED) is 0.740. The van der Waals surface area contributed by atoms with Gasteiger partial charge in [-0.25, -0.2) is 4.98 Å². The lowest BCUT2D eigenvalue weighted by Gasteiger charge is -2.30. The van der Waals surface area contributed by atoms with Crippen molar-refractivity contribution in [2.24, 2.45) is 0 Å². The van der Waals surface area contributed by atoms with Crippen LogP contribution in [0.5, 0.6) is 0 Å². The van der Waals surface area contributed by atoms with Crippen molar-refractivity contribution < 1.29 is 0 Å². The second-order valence-corrected chi connectivity index (χ2v) is 4.58. The molecule has 0 amide bonds. The summed E-state index contributed by atoms with van der Waals surface area (Å²) in [5.41, 5.74) is 4.17. The van der Waals surface area contributed by atoms with Crippen molar-refractivity contribution in [3.8, 4) is 0 Å². The minimum absolute atomic E-state index is 0.980. The Balaban J connectivity index is 1.92. The third-order valence-electron chi connectivity index (χ3n) is 3.41. The van der Waals surface area contributed by atoms with Crippen molar-refractivity contribution in [3.05, 3.63) is 59.3 Å². The van der Waals surface area contributed by atoms with Crippen molar-refractivity contribution in [1.29, 1.82) is 0 Å². The van der Waals surface area contributed by atoms with Gasteiger partial charge in [0.05, 0.1) is 0 Å². The normalized spacial score (nSPS) is 14.5. The van der Waals surface area contributed by atoms with Gasteiger partial charge in [0.1, 0.15) is 5.82 Å². The molecular formula is C15H16N2. The van der Waals surface area contributed by atoms with Gasteiger partial charge in [-0.05, 0) is 36.1 Å². The van der Waals surface area contributed by atoms with Crippen molar-refractivity contribution >= 4 is 5.82 Å². The van der Waals surface area contributed by atoms with Gasteiger partial charge < -0.3 is 4.90 Å². The van der Waals surface area contributed by atoms with E-state index in [1.54, 1.807) is 0 Å². The molecule has 1 aliphatic rings. The molecule has 3 rings (SSSR count). The van der Waals surface area contributed by atoms with Crippen LogP contribution in [0.25, 0.3) is 0 Å². The molecule has 0 radical (unpaired) electrons. The highest BCUT2D eigenvalue weighted by molar-refractivity contribution is 5.49. The van der Waals surface area contributed by atoms with Crippen LogP contribution in [0.4, 0.5) is 5.82 Å². The highest BCUT2D eigenvalue weighted by Gasteiger charge is 2.17. The van der Waals surface area contributed by atoms with Gasteiger partial charge in [0.25, 0.3) is 0 Å². The van der Waals surface area contributed by atoms with E-state index in [1.165, 1.54) is 16.7 Å². The molecule has 0 bridgehead atoms. The zero-order valence-corrected chi connectivity index (χ0v) is 10.1. The fraction of sp³-hybridized carbons (Fsp3) is 0.267. The van der Waals surface area contributed by atoms with Gasteiger partial charge >= 0.3 is 0 Å². The van der Waals surface area contributed by atoms with E-state index in [-0.39, 0.29) is 0 Å². The SMILES string of the molecule is Cc1cccnc1N1CCc2ccccc2C1. The first kappa shape index (κ1) is 10.3. The van der Waals surface area contributed by atoms with Crippen molar-refractivity contribution in [2.75, 3.05) is 11.4 Å². The lowest BCUT2D eigenvalue weighted by Crippen LogP contribution is -2.31. The predicted molar refractivity (Wildman–Crippen MR) is 70.2 cm³/mol. The van der Waals surface area contributed by atoms with Crippen LogP contribution in [-0.4, -0.2) is 11.5 Å². The molecule has 17 heavy (non-hydrogen) atoms. The fourth-order valence-corrected chi connectivity index (χ4v) is 2.48. The van der Waals surface area contributed by atoms with E-state index >= 15 is 0 Å². The van der Waals surface area contributed by atoms with Crippen LogP contribution in [0.1, 0.15) is 16.7 Å². The van der Waals surface area contributed by atoms with Crippen LogP contribution in [0.15, 0.2) is 42.6 Å². The topological polar surface area (TPSA) is 16.1 Å². The van der Waals surface area contributed by atoms with Gasteiger partial charge in [-0.1, -0.05) is 30.3 Å². The molecule has 86 valence electrons. The molecule has 2 nitrogen and oxygen atoms in total. The Bertz CT molecular complexity index is 534. The van der Waals surface area contributed by atoms with Gasteiger partial charge in [-0.2, -0.15) is 0 Å². The van der Waals surface area contributed by atoms with E-state index in [0.29, 0.717) is 0 Å². The molecule has 0 atom stereocenters. The Morgan fingerprint density at radius 1 is 1.06 bits per heavy atom. The standard InChI is InChI=1S/C15H16N2/c1-12-5-4-9-16-15(12)17-10-8-13-6-2-3-7-14(13)11-17/h2-7,9H,8,10-11H2,1H3. The number of pyridine rings is 1. The molecule has 1 aromatic heterocycles. The van der Waals surface area contributed by atoms with Crippen LogP contribution >= 0.6 is 0 Å². The van der Waals surface area contributed by atoms with Gasteiger partial charge in [-0.15, -0.1) is 0 Å². The average molecular weight is 224 g/mol. The van der Waals surface area contributed by atoms with Crippen LogP contribution in [0.2, 0.25) is 0 Å². The summed E-state index contributed by atoms with van der Waals surface area (Å²) >= 11 is 0. The smallest absolute Gasteiger partial charge is 0.131 e. The zero-order chi connectivity index (χ0) is 11.7. The Morgan fingerprint density at radius 3 is 2.71 bits per heavy atom. The lowest BCUT2D eigenvalue weighted by atomic mass is 10.00. The van der Waals surface area contributed by atoms with E-state index in [0.717, 1.165) is 25.3 Å². The van der Waals surface area contributed by atoms with E-state index in [1.807, 2.05) is 12.3 Å². The molecule has 1 aromatic carbocycles. The fourth-order valence-electron chi connectivity index (χ4n) is 2.48. The molecular weight excluding hydrogens is 208 g/mol. The Labute approximate surface area is 102 Å². The summed E-state index contributed by atoms with van der Waals surface area (Å²) < 4.78 is 0. The highest BCUT2D eigenvalue weighted by Crippen LogP contribution is 2.24. The number of rotatable bonds is 1. The Morgan fingerprint density at radius 2 is 1.88 bits per heavy atom. The molecule has 0 saturated carbocycles. The van der Waals surface area contributed by atoms with Gasteiger partial charge in [0.2, 0.25) is 0 Å². The Kier molecular flexibility index (Phi) is 2.56. The van der Waals surface area contributed by atoms with Crippen molar-refractivity contribution in [2.45, 2.75) is 19.9 Å². The van der Waals surface area contributed by atoms with Crippen LogP contribution in [-0.2, 0) is 13.0 Å². The summed E-state index contributed by atoms with van der Waals surface area (Å²) in [5, 5.41) is 0. The molecule has 0 spiro atoms. The first-order chi connectivity index (χ1) is 8.34. The van der Waals surface area contributed by atoms with Crippen LogP contribution < -0.4 is 4.90 Å². The maximum atomic E-state index is 4.50. The molecule has 2 heteroatoms. The number of hydrogen-bond donors (Lipinski definition) is 0. The largest absolute Gasteiger partial charge is 0.352 e. The van der Waals surface area contributed by atoms with Crippen molar-refractivity contribution in [3.63, 3.8) is 0 Å².